The van der Waals surface area contributed by atoms with Crippen LogP contribution in [0.15, 0.2) is 36.4 Å². The smallest absolute Gasteiger partial charge is 0.288 e. The molecule has 0 saturated heterocycles. The first-order valence-corrected chi connectivity index (χ1v) is 8.79. The fourth-order valence-electron chi connectivity index (χ4n) is 1.92. The van der Waals surface area contributed by atoms with E-state index in [0.717, 1.165) is 11.6 Å². The fourth-order valence-corrected chi connectivity index (χ4v) is 2.91. The highest BCUT2D eigenvalue weighted by molar-refractivity contribution is 6.35. The summed E-state index contributed by atoms with van der Waals surface area (Å²) < 4.78 is 36.6. The van der Waals surface area contributed by atoms with Crippen LogP contribution in [-0.4, -0.2) is 12.0 Å². The Hall–Kier alpha value is -1.96. The number of carbonyl (C=O) groups is 1. The van der Waals surface area contributed by atoms with Crippen LogP contribution in [0.1, 0.15) is 17.0 Å². The lowest BCUT2D eigenvalue weighted by atomic mass is 9.96. The van der Waals surface area contributed by atoms with Crippen LogP contribution in [0.3, 0.4) is 0 Å². The molecule has 0 N–H and O–H groups in total. The molecule has 0 spiro atoms. The first kappa shape index (κ1) is 24.1. The minimum Gasteiger partial charge on any atom is -0.288 e. The van der Waals surface area contributed by atoms with E-state index in [-0.39, 0.29) is 15.6 Å². The van der Waals surface area contributed by atoms with E-state index in [0.29, 0.717) is 16.5 Å². The van der Waals surface area contributed by atoms with Gasteiger partial charge in [0.15, 0.2) is 0 Å². The molecular weight excluding hydrogens is 459 g/mol. The summed E-state index contributed by atoms with van der Waals surface area (Å²) >= 11 is 22.6. The van der Waals surface area contributed by atoms with Crippen molar-refractivity contribution in [3.63, 3.8) is 0 Å². The Morgan fingerprint density at radius 2 is 1.50 bits per heavy atom. The van der Waals surface area contributed by atoms with Crippen molar-refractivity contribution in [1.82, 2.24) is 0 Å². The van der Waals surface area contributed by atoms with Gasteiger partial charge < -0.3 is 0 Å². The first-order valence-electron chi connectivity index (χ1n) is 7.27. The Morgan fingerprint density at radius 3 is 1.93 bits per heavy atom. The molecule has 0 aliphatic rings. The highest BCUT2D eigenvalue weighted by Gasteiger charge is 2.44. The minimum atomic E-state index is -5.08. The van der Waals surface area contributed by atoms with Gasteiger partial charge in [-0.1, -0.05) is 58.5 Å². The van der Waals surface area contributed by atoms with Crippen LogP contribution in [0.4, 0.5) is 13.2 Å². The van der Waals surface area contributed by atoms with Crippen molar-refractivity contribution < 1.29 is 18.0 Å². The van der Waals surface area contributed by atoms with E-state index in [9.17, 15) is 18.0 Å². The zero-order chi connectivity index (χ0) is 21.5. The van der Waals surface area contributed by atoms with Crippen LogP contribution in [0.25, 0.3) is 0 Å². The zero-order valence-electron chi connectivity index (χ0n) is 13.7. The van der Waals surface area contributed by atoms with Crippen LogP contribution < -0.4 is 0 Å². The lowest BCUT2D eigenvalue weighted by molar-refractivity contribution is -0.171. The SMILES string of the molecule is N#CC(C(=O)C(F)(F)F)c1ccc(Cl)cc1Cl.N#CCc1ccc(Cl)cc1Cl. The van der Waals surface area contributed by atoms with E-state index in [1.54, 1.807) is 18.2 Å². The number of nitriles is 2. The normalized spacial score (nSPS) is 11.5. The maximum Gasteiger partial charge on any atom is 0.451 e. The van der Waals surface area contributed by atoms with Crippen LogP contribution in [0.5, 0.6) is 0 Å². The number of hydrogen-bond donors (Lipinski definition) is 0. The van der Waals surface area contributed by atoms with E-state index < -0.39 is 17.9 Å². The molecule has 0 amide bonds. The van der Waals surface area contributed by atoms with Gasteiger partial charge in [-0.3, -0.25) is 4.79 Å². The van der Waals surface area contributed by atoms with Gasteiger partial charge in [0.2, 0.25) is 0 Å². The van der Waals surface area contributed by atoms with Gasteiger partial charge >= 0.3 is 6.18 Å². The van der Waals surface area contributed by atoms with Gasteiger partial charge in [-0.25, -0.2) is 0 Å². The molecule has 0 aliphatic heterocycles. The van der Waals surface area contributed by atoms with Crippen molar-refractivity contribution in [3.8, 4) is 12.1 Å². The molecule has 10 heteroatoms. The van der Waals surface area contributed by atoms with Gasteiger partial charge in [-0.15, -0.1) is 0 Å². The average Bonchev–Trinajstić information content (AvgIpc) is 2.59. The summed E-state index contributed by atoms with van der Waals surface area (Å²) in [7, 11) is 0. The molecule has 1 atom stereocenters. The summed E-state index contributed by atoms with van der Waals surface area (Å²) in [5.41, 5.74) is 0.611. The molecule has 146 valence electrons. The molecule has 2 aromatic rings. The number of nitrogens with zero attached hydrogens (tertiary/aromatic N) is 2. The van der Waals surface area contributed by atoms with Crippen LogP contribution in [0.2, 0.25) is 20.1 Å². The van der Waals surface area contributed by atoms with Gasteiger partial charge in [0.1, 0.15) is 5.92 Å². The van der Waals surface area contributed by atoms with Crippen molar-refractivity contribution in [2.45, 2.75) is 18.5 Å². The predicted molar refractivity (Wildman–Crippen MR) is 102 cm³/mol. The van der Waals surface area contributed by atoms with Gasteiger partial charge in [0.25, 0.3) is 5.78 Å². The second kappa shape index (κ2) is 10.5. The molecule has 1 unspecified atom stereocenters. The van der Waals surface area contributed by atoms with E-state index in [4.69, 9.17) is 56.9 Å². The molecule has 2 rings (SSSR count). The Balaban J connectivity index is 0.000000307. The maximum absolute atomic E-state index is 12.2. The number of ketones is 1. The Labute approximate surface area is 178 Å². The van der Waals surface area contributed by atoms with Gasteiger partial charge in [-0.05, 0) is 35.4 Å². The second-order valence-corrected chi connectivity index (χ2v) is 6.85. The van der Waals surface area contributed by atoms with Crippen LogP contribution in [0, 0.1) is 22.7 Å². The van der Waals surface area contributed by atoms with Crippen molar-refractivity contribution in [3.05, 3.63) is 67.6 Å². The Bertz CT molecular complexity index is 949. The standard InChI is InChI=1S/C10H4Cl2F3NO.C8H5Cl2N/c11-5-1-2-6(8(12)3-5)7(4-16)9(17)10(13,14)15;9-7-2-1-6(3-4-11)8(10)5-7/h1-3,7H;1-2,5H,3H2. The maximum atomic E-state index is 12.2. The summed E-state index contributed by atoms with van der Waals surface area (Å²) in [6, 6.07) is 12.0. The number of alkyl halides is 3. The van der Waals surface area contributed by atoms with E-state index in [1.807, 2.05) is 6.07 Å². The summed E-state index contributed by atoms with van der Waals surface area (Å²) in [4.78, 5) is 11.0. The third-order valence-corrected chi connectivity index (χ3v) is 4.38. The summed E-state index contributed by atoms with van der Waals surface area (Å²) in [5.74, 6) is -4.12. The number of benzene rings is 2. The third-order valence-electron chi connectivity index (χ3n) is 3.23. The molecule has 3 nitrogen and oxygen atoms in total. The monoisotopic (exact) mass is 466 g/mol. The molecule has 0 aromatic heterocycles. The lowest BCUT2D eigenvalue weighted by Gasteiger charge is -2.12. The topological polar surface area (TPSA) is 64.7 Å². The van der Waals surface area contributed by atoms with Crippen molar-refractivity contribution in [2.75, 3.05) is 0 Å². The van der Waals surface area contributed by atoms with Gasteiger partial charge in [0.05, 0.1) is 18.6 Å². The van der Waals surface area contributed by atoms with E-state index >= 15 is 0 Å². The first-order chi connectivity index (χ1) is 13.0. The highest BCUT2D eigenvalue weighted by atomic mass is 35.5. The predicted octanol–water partition coefficient (Wildman–Crippen LogP) is 6.79. The molecule has 28 heavy (non-hydrogen) atoms. The van der Waals surface area contributed by atoms with E-state index in [2.05, 4.69) is 0 Å². The van der Waals surface area contributed by atoms with Crippen LogP contribution in [-0.2, 0) is 11.2 Å². The summed E-state index contributed by atoms with van der Waals surface area (Å²) in [6.45, 7) is 0. The number of rotatable bonds is 3. The van der Waals surface area contributed by atoms with Crippen molar-refractivity contribution in [1.29, 1.82) is 10.5 Å². The molecule has 0 radical (unpaired) electrons. The second-order valence-electron chi connectivity index (χ2n) is 5.16. The number of Topliss-reactive ketones (excluding diaryl/α,β-unsaturated/α-hetero) is 1. The number of halogens is 7. The number of carbonyl (C=O) groups excluding carboxylic acids is 1. The average molecular weight is 468 g/mol. The summed E-state index contributed by atoms with van der Waals surface area (Å²) in [5, 5.41) is 18.2. The largest absolute Gasteiger partial charge is 0.451 e. The molecule has 0 fully saturated rings. The molecule has 0 aliphatic carbocycles. The van der Waals surface area contributed by atoms with Crippen LogP contribution >= 0.6 is 46.4 Å². The zero-order valence-corrected chi connectivity index (χ0v) is 16.7. The van der Waals surface area contributed by atoms with Gasteiger partial charge in [0, 0.05) is 20.1 Å². The molecule has 0 bridgehead atoms. The quantitative estimate of drug-likeness (QED) is 0.499. The Morgan fingerprint density at radius 1 is 0.964 bits per heavy atom. The van der Waals surface area contributed by atoms with E-state index in [1.165, 1.54) is 18.2 Å². The molecule has 2 aromatic carbocycles. The Kier molecular flexibility index (Phi) is 9.07. The number of hydrogen-bond acceptors (Lipinski definition) is 3. The highest BCUT2D eigenvalue weighted by Crippen LogP contribution is 2.32. The molecule has 0 heterocycles. The molecular formula is C18H9Cl4F3N2O. The minimum absolute atomic E-state index is 0.151. The molecule has 0 saturated carbocycles. The van der Waals surface area contributed by atoms with Gasteiger partial charge in [-0.2, -0.15) is 23.7 Å². The lowest BCUT2D eigenvalue weighted by Crippen LogP contribution is -2.28. The van der Waals surface area contributed by atoms with Crippen molar-refractivity contribution in [2.24, 2.45) is 0 Å². The summed E-state index contributed by atoms with van der Waals surface area (Å²) in [6.07, 6.45) is -4.75. The van der Waals surface area contributed by atoms with Crippen molar-refractivity contribution >= 4 is 52.2 Å². The third kappa shape index (κ3) is 6.89. The fraction of sp³-hybridized carbons (Fsp3) is 0.167.